The Morgan fingerprint density at radius 2 is 2.09 bits per heavy atom. The molecule has 0 spiro atoms. The number of halogens is 1. The molecule has 4 N–H and O–H groups in total. The van der Waals surface area contributed by atoms with E-state index in [-0.39, 0.29) is 41.2 Å². The van der Waals surface area contributed by atoms with Gasteiger partial charge in [-0.1, -0.05) is 23.4 Å². The Morgan fingerprint density at radius 3 is 2.63 bits per heavy atom. The molecule has 2 aromatic rings. The first-order chi connectivity index (χ1) is 16.4. The molecule has 3 rings (SSSR count). The second kappa shape index (κ2) is 10.7. The van der Waals surface area contributed by atoms with Crippen LogP contribution in [0.2, 0.25) is 5.02 Å². The maximum absolute atomic E-state index is 13.1. The third kappa shape index (κ3) is 5.72. The van der Waals surface area contributed by atoms with Crippen LogP contribution >= 0.6 is 23.4 Å². The minimum atomic E-state index is -4.21. The molecule has 1 aliphatic rings. The number of hydrogen-bond acceptors (Lipinski definition) is 8. The number of benzene rings is 1. The fourth-order valence-electron chi connectivity index (χ4n) is 4.21. The molecule has 0 saturated carbocycles. The number of imide groups is 1. The van der Waals surface area contributed by atoms with Crippen molar-refractivity contribution in [1.29, 1.82) is 0 Å². The van der Waals surface area contributed by atoms with Crippen LogP contribution in [0.3, 0.4) is 0 Å². The third-order valence-corrected chi connectivity index (χ3v) is 8.66. The minimum Gasteiger partial charge on any atom is -0.467 e. The first-order valence-corrected chi connectivity index (χ1v) is 13.7. The molecule has 35 heavy (non-hydrogen) atoms. The molecule has 190 valence electrons. The van der Waals surface area contributed by atoms with E-state index >= 15 is 0 Å². The number of hydrogen-bond donors (Lipinski definition) is 3. The van der Waals surface area contributed by atoms with Gasteiger partial charge in [0, 0.05) is 24.3 Å². The fourth-order valence-corrected chi connectivity index (χ4v) is 6.18. The van der Waals surface area contributed by atoms with E-state index in [1.54, 1.807) is 26.0 Å². The first-order valence-electron chi connectivity index (χ1n) is 10.8. The van der Waals surface area contributed by atoms with Crippen molar-refractivity contribution in [2.24, 2.45) is 11.1 Å². The Bertz CT molecular complexity index is 1230. The van der Waals surface area contributed by atoms with Gasteiger partial charge in [-0.25, -0.2) is 18.4 Å². The van der Waals surface area contributed by atoms with Gasteiger partial charge in [-0.15, -0.1) is 0 Å². The average molecular weight is 545 g/mol. The Hall–Kier alpha value is -2.38. The molecule has 2 heterocycles. The first kappa shape index (κ1) is 27.2. The number of amides is 2. The summed E-state index contributed by atoms with van der Waals surface area (Å²) in [4.78, 5) is 37.9. The second-order valence-electron chi connectivity index (χ2n) is 8.51. The van der Waals surface area contributed by atoms with E-state index in [2.05, 4.69) is 5.32 Å². The van der Waals surface area contributed by atoms with Crippen LogP contribution in [-0.2, 0) is 21.4 Å². The number of nitrogens with two attached hydrogens (primary N) is 1. The van der Waals surface area contributed by atoms with Gasteiger partial charge in [-0.2, -0.15) is 9.28 Å². The highest BCUT2D eigenvalue weighted by Crippen LogP contribution is 2.34. The number of carbonyl (C=O) groups excluding carboxylic acids is 2. The summed E-state index contributed by atoms with van der Waals surface area (Å²) in [6, 6.07) is 5.45. The molecule has 1 aromatic carbocycles. The molecule has 10 nitrogen and oxygen atoms in total. The van der Waals surface area contributed by atoms with Crippen molar-refractivity contribution in [3.8, 4) is 0 Å². The predicted molar refractivity (Wildman–Crippen MR) is 132 cm³/mol. The molecule has 1 saturated heterocycles. The Labute approximate surface area is 212 Å². The highest BCUT2D eigenvalue weighted by Gasteiger charge is 2.54. The Kier molecular flexibility index (Phi) is 8.32. The molecule has 1 aromatic heterocycles. The van der Waals surface area contributed by atoms with Crippen molar-refractivity contribution in [3.05, 3.63) is 46.9 Å². The zero-order valence-electron chi connectivity index (χ0n) is 19.2. The summed E-state index contributed by atoms with van der Waals surface area (Å²) in [5, 5.41) is 17.4. The Morgan fingerprint density at radius 1 is 1.37 bits per heavy atom. The lowest BCUT2D eigenvalue weighted by atomic mass is 10.1. The number of carboxylic acid groups (broad SMARTS) is 1. The van der Waals surface area contributed by atoms with Gasteiger partial charge >= 0.3 is 12.0 Å². The third-order valence-electron chi connectivity index (χ3n) is 6.14. The number of quaternary nitrogens is 1. The monoisotopic (exact) mass is 544 g/mol. The van der Waals surface area contributed by atoms with Gasteiger partial charge in [0.1, 0.15) is 16.7 Å². The van der Waals surface area contributed by atoms with E-state index < -0.39 is 42.4 Å². The molecule has 0 aliphatic carbocycles. The standard InChI is InChI=1S/C22H26ClN3O7S2/c1-13(20(27)26(22(29)30)7-3-5-14(26)2)12-34-21(28)16-9-19(35(24,31)32)17(23)10-18(16)25-11-15-6-4-8-33-15/h4,6,8-10,13-14H,3,5,7,11-12H2,1-2H3,(H3-,24,25,28,29,30,31,32)/p+1/t13?,14?,26-/m0/s1. The highest BCUT2D eigenvalue weighted by atomic mass is 35.5. The average Bonchev–Trinajstić information content (AvgIpc) is 3.44. The largest absolute Gasteiger partial charge is 0.521 e. The zero-order valence-corrected chi connectivity index (χ0v) is 21.6. The van der Waals surface area contributed by atoms with E-state index in [9.17, 15) is 27.9 Å². The topological polar surface area (TPSA) is 157 Å². The number of primary sulfonamides is 1. The molecular weight excluding hydrogens is 518 g/mol. The van der Waals surface area contributed by atoms with E-state index in [0.29, 0.717) is 18.6 Å². The van der Waals surface area contributed by atoms with Gasteiger partial charge in [0.2, 0.25) is 15.1 Å². The molecule has 0 radical (unpaired) electrons. The number of nitrogens with one attached hydrogen (secondary N) is 1. The molecule has 3 atom stereocenters. The SMILES string of the molecule is CC(CSC(=O)c1cc(S(N)(=O)=O)c(Cl)cc1NCc1ccco1)C(=O)[N@+]1(C(=O)O)CCCC1C. The number of carbonyl (C=O) groups is 3. The van der Waals surface area contributed by atoms with Gasteiger partial charge in [0.25, 0.3) is 0 Å². The zero-order chi connectivity index (χ0) is 26.0. The summed E-state index contributed by atoms with van der Waals surface area (Å²) in [6.45, 7) is 3.75. The van der Waals surface area contributed by atoms with E-state index in [4.69, 9.17) is 21.2 Å². The fraction of sp³-hybridized carbons (Fsp3) is 0.409. The van der Waals surface area contributed by atoms with Crippen molar-refractivity contribution in [2.45, 2.75) is 44.2 Å². The molecular formula is C22H27ClN3O7S2+. The van der Waals surface area contributed by atoms with Crippen molar-refractivity contribution in [2.75, 3.05) is 17.6 Å². The lowest BCUT2D eigenvalue weighted by Gasteiger charge is -2.31. The number of anilines is 1. The van der Waals surface area contributed by atoms with Crippen LogP contribution in [0.4, 0.5) is 10.5 Å². The molecule has 13 heteroatoms. The van der Waals surface area contributed by atoms with Crippen LogP contribution in [0.1, 0.15) is 42.8 Å². The van der Waals surface area contributed by atoms with Crippen LogP contribution in [0.25, 0.3) is 0 Å². The van der Waals surface area contributed by atoms with Crippen LogP contribution in [0.5, 0.6) is 0 Å². The van der Waals surface area contributed by atoms with Crippen LogP contribution in [-0.4, -0.2) is 53.5 Å². The van der Waals surface area contributed by atoms with E-state index in [1.165, 1.54) is 12.3 Å². The molecule has 2 amide bonds. The van der Waals surface area contributed by atoms with Crippen LogP contribution in [0.15, 0.2) is 39.8 Å². The van der Waals surface area contributed by atoms with Gasteiger partial charge in [-0.3, -0.25) is 4.79 Å². The summed E-state index contributed by atoms with van der Waals surface area (Å²) < 4.78 is 28.5. The molecule has 2 unspecified atom stereocenters. The van der Waals surface area contributed by atoms with Crippen molar-refractivity contribution in [3.63, 3.8) is 0 Å². The quantitative estimate of drug-likeness (QED) is 0.419. The van der Waals surface area contributed by atoms with Gasteiger partial charge < -0.3 is 14.8 Å². The summed E-state index contributed by atoms with van der Waals surface area (Å²) in [5.41, 5.74) is 0.267. The highest BCUT2D eigenvalue weighted by molar-refractivity contribution is 8.14. The maximum Gasteiger partial charge on any atom is 0.521 e. The Balaban J connectivity index is 1.82. The van der Waals surface area contributed by atoms with E-state index in [0.717, 1.165) is 17.8 Å². The number of rotatable bonds is 8. The van der Waals surface area contributed by atoms with Gasteiger partial charge in [0.15, 0.2) is 0 Å². The number of thioether (sulfide) groups is 1. The minimum absolute atomic E-state index is 0.00584. The second-order valence-corrected chi connectivity index (χ2v) is 11.4. The normalized spacial score (nSPS) is 21.0. The van der Waals surface area contributed by atoms with Crippen LogP contribution in [0, 0.1) is 5.92 Å². The smallest absolute Gasteiger partial charge is 0.467 e. The summed E-state index contributed by atoms with van der Waals surface area (Å²) >= 11 is 6.90. The van der Waals surface area contributed by atoms with Gasteiger partial charge in [-0.05, 0) is 38.1 Å². The summed E-state index contributed by atoms with van der Waals surface area (Å²) in [7, 11) is -4.21. The van der Waals surface area contributed by atoms with Crippen molar-refractivity contribution < 1.29 is 36.8 Å². The predicted octanol–water partition coefficient (Wildman–Crippen LogP) is 3.91. The maximum atomic E-state index is 13.1. The summed E-state index contributed by atoms with van der Waals surface area (Å²) in [5.74, 6) is -0.599. The molecule has 1 fully saturated rings. The lowest BCUT2D eigenvalue weighted by Crippen LogP contribution is -2.60. The summed E-state index contributed by atoms with van der Waals surface area (Å²) in [6.07, 6.45) is 1.55. The lowest BCUT2D eigenvalue weighted by molar-refractivity contribution is -0.793. The number of sulfonamides is 1. The number of nitrogens with zero attached hydrogens (tertiary/aromatic N) is 1. The molecule has 1 aliphatic heterocycles. The van der Waals surface area contributed by atoms with Gasteiger partial charge in [0.05, 0.1) is 35.9 Å². The number of likely N-dealkylation sites (tertiary alicyclic amines) is 1. The van der Waals surface area contributed by atoms with E-state index in [1.807, 2.05) is 0 Å². The van der Waals surface area contributed by atoms with Crippen LogP contribution < -0.4 is 10.5 Å². The van der Waals surface area contributed by atoms with Crippen molar-refractivity contribution >= 4 is 56.2 Å². The van der Waals surface area contributed by atoms with Crippen molar-refractivity contribution in [1.82, 2.24) is 0 Å². The number of furan rings is 1. The molecule has 0 bridgehead atoms.